The molecular formula is C14H16N4O3. The van der Waals surface area contributed by atoms with E-state index < -0.39 is 5.97 Å². The number of piperazine rings is 1. The Balaban J connectivity index is 2.19. The summed E-state index contributed by atoms with van der Waals surface area (Å²) in [6.45, 7) is 4.26. The van der Waals surface area contributed by atoms with Gasteiger partial charge in [-0.25, -0.2) is 9.78 Å². The van der Waals surface area contributed by atoms with E-state index in [1.807, 2.05) is 11.0 Å². The number of benzene rings is 1. The van der Waals surface area contributed by atoms with Gasteiger partial charge in [0.1, 0.15) is 0 Å². The molecule has 1 aliphatic heterocycles. The minimum atomic E-state index is -0.550. The standard InChI is InChI=1S/C14H16N4O3/c1-10(19)21-18-13(20)11-4-2-3-5-12(11)16-14(18)17-8-6-15-7-9-17/h2-5,15H,6-9H2,1H3. The van der Waals surface area contributed by atoms with Gasteiger partial charge in [-0.05, 0) is 12.1 Å². The number of anilines is 1. The van der Waals surface area contributed by atoms with Crippen molar-refractivity contribution in [2.75, 3.05) is 31.1 Å². The van der Waals surface area contributed by atoms with Crippen LogP contribution in [-0.4, -0.2) is 41.9 Å². The van der Waals surface area contributed by atoms with E-state index >= 15 is 0 Å². The van der Waals surface area contributed by atoms with Crippen LogP contribution in [0.1, 0.15) is 6.92 Å². The van der Waals surface area contributed by atoms with Crippen LogP contribution < -0.4 is 20.6 Å². The van der Waals surface area contributed by atoms with Gasteiger partial charge in [-0.1, -0.05) is 16.9 Å². The number of hydrogen-bond donors (Lipinski definition) is 1. The number of hydrogen-bond acceptors (Lipinski definition) is 6. The zero-order valence-corrected chi connectivity index (χ0v) is 11.7. The Morgan fingerprint density at radius 3 is 2.71 bits per heavy atom. The van der Waals surface area contributed by atoms with Crippen LogP contribution >= 0.6 is 0 Å². The van der Waals surface area contributed by atoms with Gasteiger partial charge in [0.05, 0.1) is 10.9 Å². The Hall–Kier alpha value is -2.41. The van der Waals surface area contributed by atoms with Crippen LogP contribution in [0.3, 0.4) is 0 Å². The maximum Gasteiger partial charge on any atom is 0.330 e. The van der Waals surface area contributed by atoms with E-state index in [2.05, 4.69) is 10.3 Å². The summed E-state index contributed by atoms with van der Waals surface area (Å²) < 4.78 is 0.996. The SMILES string of the molecule is CC(=O)On1c(N2CCNCC2)nc2ccccc2c1=O. The number of rotatable bonds is 2. The Morgan fingerprint density at radius 1 is 1.29 bits per heavy atom. The largest absolute Gasteiger partial charge is 0.337 e. The van der Waals surface area contributed by atoms with Gasteiger partial charge < -0.3 is 15.1 Å². The van der Waals surface area contributed by atoms with Gasteiger partial charge in [-0.15, -0.1) is 0 Å². The molecule has 0 unspecified atom stereocenters. The lowest BCUT2D eigenvalue weighted by Crippen LogP contribution is -2.47. The summed E-state index contributed by atoms with van der Waals surface area (Å²) in [7, 11) is 0. The summed E-state index contributed by atoms with van der Waals surface area (Å²) in [6, 6.07) is 7.03. The first kappa shape index (κ1) is 13.6. The summed E-state index contributed by atoms with van der Waals surface area (Å²) in [5, 5.41) is 3.66. The van der Waals surface area contributed by atoms with Crippen molar-refractivity contribution in [1.29, 1.82) is 0 Å². The number of fused-ring (bicyclic) bond motifs is 1. The van der Waals surface area contributed by atoms with Gasteiger partial charge in [0, 0.05) is 33.1 Å². The molecule has 0 saturated carbocycles. The number of nitrogens with one attached hydrogen (secondary N) is 1. The van der Waals surface area contributed by atoms with Crippen LogP contribution in [0, 0.1) is 0 Å². The molecule has 0 atom stereocenters. The van der Waals surface area contributed by atoms with Crippen molar-refractivity contribution in [3.8, 4) is 0 Å². The molecule has 7 heteroatoms. The smallest absolute Gasteiger partial charge is 0.330 e. The van der Waals surface area contributed by atoms with Crippen LogP contribution in [0.4, 0.5) is 5.95 Å². The average molecular weight is 288 g/mol. The highest BCUT2D eigenvalue weighted by molar-refractivity contribution is 5.79. The molecule has 0 bridgehead atoms. The van der Waals surface area contributed by atoms with E-state index in [0.29, 0.717) is 29.9 Å². The van der Waals surface area contributed by atoms with E-state index in [0.717, 1.165) is 17.8 Å². The van der Waals surface area contributed by atoms with Crippen molar-refractivity contribution in [3.05, 3.63) is 34.6 Å². The normalized spacial score (nSPS) is 15.2. The molecule has 21 heavy (non-hydrogen) atoms. The van der Waals surface area contributed by atoms with Crippen LogP contribution in [0.5, 0.6) is 0 Å². The molecule has 0 radical (unpaired) electrons. The number of carbonyl (C=O) groups excluding carboxylic acids is 1. The predicted octanol–water partition coefficient (Wildman–Crippen LogP) is -0.219. The molecule has 1 fully saturated rings. The van der Waals surface area contributed by atoms with E-state index in [1.54, 1.807) is 18.2 Å². The molecule has 7 nitrogen and oxygen atoms in total. The van der Waals surface area contributed by atoms with Crippen molar-refractivity contribution in [1.82, 2.24) is 15.0 Å². The van der Waals surface area contributed by atoms with Gasteiger partial charge in [0.25, 0.3) is 5.56 Å². The maximum atomic E-state index is 12.5. The third-order valence-corrected chi connectivity index (χ3v) is 3.34. The first-order valence-corrected chi connectivity index (χ1v) is 6.83. The number of para-hydroxylation sites is 1. The van der Waals surface area contributed by atoms with E-state index in [1.165, 1.54) is 6.92 Å². The zero-order valence-electron chi connectivity index (χ0n) is 11.7. The van der Waals surface area contributed by atoms with Crippen molar-refractivity contribution in [3.63, 3.8) is 0 Å². The fourth-order valence-corrected chi connectivity index (χ4v) is 2.38. The molecule has 1 aliphatic rings. The summed E-state index contributed by atoms with van der Waals surface area (Å²) in [5.41, 5.74) is 0.226. The number of aromatic nitrogens is 2. The third kappa shape index (κ3) is 2.59. The highest BCUT2D eigenvalue weighted by atomic mass is 16.7. The molecule has 3 rings (SSSR count). The average Bonchev–Trinajstić information content (AvgIpc) is 2.50. The highest BCUT2D eigenvalue weighted by Gasteiger charge is 2.20. The molecule has 2 aromatic rings. The summed E-state index contributed by atoms with van der Waals surface area (Å²) in [5.74, 6) is -0.180. The van der Waals surface area contributed by atoms with Crippen LogP contribution in [-0.2, 0) is 4.79 Å². The van der Waals surface area contributed by atoms with E-state index in [-0.39, 0.29) is 5.56 Å². The van der Waals surface area contributed by atoms with Gasteiger partial charge >= 0.3 is 5.97 Å². The van der Waals surface area contributed by atoms with Gasteiger partial charge in [0.15, 0.2) is 0 Å². The topological polar surface area (TPSA) is 76.5 Å². The lowest BCUT2D eigenvalue weighted by atomic mass is 10.2. The molecule has 0 spiro atoms. The van der Waals surface area contributed by atoms with E-state index in [4.69, 9.17) is 4.84 Å². The molecule has 0 aliphatic carbocycles. The first-order chi connectivity index (χ1) is 10.2. The minimum Gasteiger partial charge on any atom is -0.337 e. The zero-order chi connectivity index (χ0) is 14.8. The second kappa shape index (κ2) is 5.53. The molecule has 1 aromatic heterocycles. The molecule has 110 valence electrons. The fourth-order valence-electron chi connectivity index (χ4n) is 2.38. The van der Waals surface area contributed by atoms with Crippen molar-refractivity contribution < 1.29 is 9.63 Å². The third-order valence-electron chi connectivity index (χ3n) is 3.34. The van der Waals surface area contributed by atoms with Crippen LogP contribution in [0.2, 0.25) is 0 Å². The molecular weight excluding hydrogens is 272 g/mol. The first-order valence-electron chi connectivity index (χ1n) is 6.83. The Morgan fingerprint density at radius 2 is 2.00 bits per heavy atom. The molecule has 2 heterocycles. The monoisotopic (exact) mass is 288 g/mol. The van der Waals surface area contributed by atoms with Crippen LogP contribution in [0.25, 0.3) is 10.9 Å². The Labute approximate surface area is 121 Å². The molecule has 0 amide bonds. The number of nitrogens with zero attached hydrogens (tertiary/aromatic N) is 3. The van der Waals surface area contributed by atoms with Gasteiger partial charge in [-0.3, -0.25) is 4.79 Å². The summed E-state index contributed by atoms with van der Waals surface area (Å²) in [4.78, 5) is 35.3. The summed E-state index contributed by atoms with van der Waals surface area (Å²) in [6.07, 6.45) is 0. The predicted molar refractivity (Wildman–Crippen MR) is 78.3 cm³/mol. The second-order valence-corrected chi connectivity index (χ2v) is 4.85. The quantitative estimate of drug-likeness (QED) is 0.823. The molecule has 1 aromatic carbocycles. The lowest BCUT2D eigenvalue weighted by molar-refractivity contribution is -0.141. The number of carbonyl (C=O) groups is 1. The van der Waals surface area contributed by atoms with Crippen molar-refractivity contribution >= 4 is 22.8 Å². The summed E-state index contributed by atoms with van der Waals surface area (Å²) >= 11 is 0. The Kier molecular flexibility index (Phi) is 3.57. The highest BCUT2D eigenvalue weighted by Crippen LogP contribution is 2.14. The molecule has 1 N–H and O–H groups in total. The molecule has 1 saturated heterocycles. The van der Waals surface area contributed by atoms with Crippen molar-refractivity contribution in [2.45, 2.75) is 6.92 Å². The maximum absolute atomic E-state index is 12.5. The Bertz CT molecular complexity index is 735. The van der Waals surface area contributed by atoms with Gasteiger partial charge in [0.2, 0.25) is 5.95 Å². The van der Waals surface area contributed by atoms with Crippen molar-refractivity contribution in [2.24, 2.45) is 0 Å². The van der Waals surface area contributed by atoms with E-state index in [9.17, 15) is 9.59 Å². The second-order valence-electron chi connectivity index (χ2n) is 4.85. The fraction of sp³-hybridized carbons (Fsp3) is 0.357. The van der Waals surface area contributed by atoms with Crippen LogP contribution in [0.15, 0.2) is 29.1 Å². The minimum absolute atomic E-state index is 0.371. The lowest BCUT2D eigenvalue weighted by Gasteiger charge is -2.29. The van der Waals surface area contributed by atoms with Gasteiger partial charge in [-0.2, -0.15) is 0 Å².